The number of aromatic nitrogens is 4. The first kappa shape index (κ1) is 17.0. The summed E-state index contributed by atoms with van der Waals surface area (Å²) in [5, 5.41) is 10.9. The van der Waals surface area contributed by atoms with Crippen molar-refractivity contribution in [3.63, 3.8) is 0 Å². The lowest BCUT2D eigenvalue weighted by molar-refractivity contribution is -0.135. The zero-order chi connectivity index (χ0) is 18.8. The van der Waals surface area contributed by atoms with Crippen molar-refractivity contribution in [1.82, 2.24) is 30.2 Å². The first-order valence-corrected chi connectivity index (χ1v) is 8.53. The van der Waals surface area contributed by atoms with E-state index in [4.69, 9.17) is 4.42 Å². The van der Waals surface area contributed by atoms with E-state index in [-0.39, 0.29) is 30.7 Å². The Morgan fingerprint density at radius 1 is 1.26 bits per heavy atom. The number of amides is 2. The minimum absolute atomic E-state index is 0.0101. The van der Waals surface area contributed by atoms with Crippen LogP contribution in [0.25, 0.3) is 0 Å². The highest BCUT2D eigenvalue weighted by atomic mass is 16.3. The second-order valence-electron chi connectivity index (χ2n) is 6.33. The minimum atomic E-state index is -0.361. The third-order valence-corrected chi connectivity index (χ3v) is 4.48. The Labute approximate surface area is 155 Å². The molecule has 2 aromatic heterocycles. The van der Waals surface area contributed by atoms with Gasteiger partial charge in [0.1, 0.15) is 12.2 Å². The van der Waals surface area contributed by atoms with Crippen LogP contribution in [-0.4, -0.2) is 36.7 Å². The molecule has 0 fully saturated rings. The number of nitrogens with zero attached hydrogens (tertiary/aromatic N) is 5. The van der Waals surface area contributed by atoms with Crippen molar-refractivity contribution in [3.8, 4) is 0 Å². The van der Waals surface area contributed by atoms with E-state index in [1.807, 2.05) is 30.3 Å². The monoisotopic (exact) mass is 366 g/mol. The molecule has 0 saturated carbocycles. The fourth-order valence-corrected chi connectivity index (χ4v) is 3.02. The maximum atomic E-state index is 12.4. The standard InChI is InChI=1S/C18H18N6O3/c1-12-17(27-11-20-12)18(26)19-7-14-15-9-23(8-13-5-3-2-4-6-13)16(25)10-24(15)22-21-14/h2-6,11H,7-10H2,1H3,(H,19,26). The van der Waals surface area contributed by atoms with Crippen LogP contribution in [0.5, 0.6) is 0 Å². The van der Waals surface area contributed by atoms with Crippen LogP contribution in [0.3, 0.4) is 0 Å². The highest BCUT2D eigenvalue weighted by Gasteiger charge is 2.27. The molecule has 0 aliphatic carbocycles. The first-order chi connectivity index (χ1) is 13.1. The summed E-state index contributed by atoms with van der Waals surface area (Å²) < 4.78 is 6.68. The van der Waals surface area contributed by atoms with E-state index in [9.17, 15) is 9.59 Å². The van der Waals surface area contributed by atoms with E-state index < -0.39 is 0 Å². The summed E-state index contributed by atoms with van der Waals surface area (Å²) >= 11 is 0. The number of oxazole rings is 1. The third kappa shape index (κ3) is 3.43. The maximum absolute atomic E-state index is 12.4. The molecule has 27 heavy (non-hydrogen) atoms. The van der Waals surface area contributed by atoms with Crippen molar-refractivity contribution in [2.75, 3.05) is 0 Å². The van der Waals surface area contributed by atoms with Crippen LogP contribution in [0.1, 0.15) is 33.2 Å². The molecule has 1 N–H and O–H groups in total. The number of fused-ring (bicyclic) bond motifs is 1. The minimum Gasteiger partial charge on any atom is -0.438 e. The van der Waals surface area contributed by atoms with Gasteiger partial charge in [0.25, 0.3) is 5.91 Å². The van der Waals surface area contributed by atoms with Gasteiger partial charge in [-0.3, -0.25) is 9.59 Å². The molecular formula is C18H18N6O3. The zero-order valence-electron chi connectivity index (χ0n) is 14.8. The van der Waals surface area contributed by atoms with Crippen LogP contribution in [0.4, 0.5) is 0 Å². The fourth-order valence-electron chi connectivity index (χ4n) is 3.02. The predicted molar refractivity (Wildman–Crippen MR) is 93.1 cm³/mol. The number of hydrogen-bond donors (Lipinski definition) is 1. The van der Waals surface area contributed by atoms with E-state index in [0.717, 1.165) is 11.3 Å². The number of carbonyl (C=O) groups excluding carboxylic acids is 2. The molecule has 3 heterocycles. The first-order valence-electron chi connectivity index (χ1n) is 8.53. The average molecular weight is 366 g/mol. The van der Waals surface area contributed by atoms with Crippen molar-refractivity contribution in [1.29, 1.82) is 0 Å². The van der Waals surface area contributed by atoms with Gasteiger partial charge in [-0.05, 0) is 12.5 Å². The lowest BCUT2D eigenvalue weighted by atomic mass is 10.1. The van der Waals surface area contributed by atoms with Gasteiger partial charge in [-0.2, -0.15) is 0 Å². The number of carbonyl (C=O) groups is 2. The number of nitrogens with one attached hydrogen (secondary N) is 1. The summed E-state index contributed by atoms with van der Waals surface area (Å²) in [6.07, 6.45) is 1.23. The predicted octanol–water partition coefficient (Wildman–Crippen LogP) is 1.05. The van der Waals surface area contributed by atoms with Crippen LogP contribution in [-0.2, 0) is 31.0 Å². The summed E-state index contributed by atoms with van der Waals surface area (Å²) in [7, 11) is 0. The largest absolute Gasteiger partial charge is 0.438 e. The second-order valence-corrected chi connectivity index (χ2v) is 6.33. The zero-order valence-corrected chi connectivity index (χ0v) is 14.8. The third-order valence-electron chi connectivity index (χ3n) is 4.48. The van der Waals surface area contributed by atoms with Gasteiger partial charge in [0, 0.05) is 6.54 Å². The number of aryl methyl sites for hydroxylation is 1. The van der Waals surface area contributed by atoms with Crippen LogP contribution < -0.4 is 5.32 Å². The van der Waals surface area contributed by atoms with Crippen molar-refractivity contribution >= 4 is 11.8 Å². The smallest absolute Gasteiger partial charge is 0.289 e. The fraction of sp³-hybridized carbons (Fsp3) is 0.278. The van der Waals surface area contributed by atoms with Crippen molar-refractivity contribution in [2.24, 2.45) is 0 Å². The Morgan fingerprint density at radius 3 is 2.81 bits per heavy atom. The van der Waals surface area contributed by atoms with E-state index in [0.29, 0.717) is 24.5 Å². The van der Waals surface area contributed by atoms with Crippen LogP contribution in [0, 0.1) is 6.92 Å². The van der Waals surface area contributed by atoms with Crippen LogP contribution in [0.2, 0.25) is 0 Å². The van der Waals surface area contributed by atoms with Crippen molar-refractivity contribution < 1.29 is 14.0 Å². The van der Waals surface area contributed by atoms with E-state index in [1.54, 1.807) is 16.5 Å². The normalized spacial score (nSPS) is 13.5. The van der Waals surface area contributed by atoms with Gasteiger partial charge >= 0.3 is 0 Å². The molecule has 0 atom stereocenters. The molecule has 9 nitrogen and oxygen atoms in total. The molecule has 0 radical (unpaired) electrons. The van der Waals surface area contributed by atoms with Gasteiger partial charge in [0.15, 0.2) is 6.39 Å². The molecule has 1 aliphatic rings. The second kappa shape index (κ2) is 7.02. The Kier molecular flexibility index (Phi) is 4.41. The molecule has 138 valence electrons. The Balaban J connectivity index is 1.46. The van der Waals surface area contributed by atoms with Crippen molar-refractivity contribution in [2.45, 2.75) is 33.1 Å². The Morgan fingerprint density at radius 2 is 2.07 bits per heavy atom. The molecule has 0 bridgehead atoms. The van der Waals surface area contributed by atoms with Crippen LogP contribution in [0.15, 0.2) is 41.1 Å². The van der Waals surface area contributed by atoms with E-state index >= 15 is 0 Å². The Hall–Kier alpha value is -3.49. The average Bonchev–Trinajstić information content (AvgIpc) is 3.27. The van der Waals surface area contributed by atoms with Crippen LogP contribution >= 0.6 is 0 Å². The quantitative estimate of drug-likeness (QED) is 0.723. The summed E-state index contributed by atoms with van der Waals surface area (Å²) in [6.45, 7) is 2.96. The number of hydrogen-bond acceptors (Lipinski definition) is 6. The van der Waals surface area contributed by atoms with Gasteiger partial charge in [-0.15, -0.1) is 5.10 Å². The van der Waals surface area contributed by atoms with Gasteiger partial charge in [-0.25, -0.2) is 9.67 Å². The molecule has 4 rings (SSSR count). The highest BCUT2D eigenvalue weighted by molar-refractivity contribution is 5.92. The Bertz CT molecular complexity index is 978. The van der Waals surface area contributed by atoms with Gasteiger partial charge in [0.05, 0.1) is 24.5 Å². The molecule has 1 aliphatic heterocycles. The van der Waals surface area contributed by atoms with Gasteiger partial charge in [0.2, 0.25) is 11.7 Å². The summed E-state index contributed by atoms with van der Waals surface area (Å²) in [6, 6.07) is 9.80. The molecule has 2 amide bonds. The molecule has 1 aromatic carbocycles. The summed E-state index contributed by atoms with van der Waals surface area (Å²) in [4.78, 5) is 30.2. The molecule has 0 saturated heterocycles. The van der Waals surface area contributed by atoms with Crippen molar-refractivity contribution in [3.05, 3.63) is 65.1 Å². The van der Waals surface area contributed by atoms with E-state index in [2.05, 4.69) is 20.6 Å². The topological polar surface area (TPSA) is 106 Å². The lowest BCUT2D eigenvalue weighted by Crippen LogP contribution is -2.39. The molecule has 0 spiro atoms. The molecular weight excluding hydrogens is 348 g/mol. The SMILES string of the molecule is Cc1ncoc1C(=O)NCc1nnn2c1CN(Cc1ccccc1)C(=O)C2. The number of rotatable bonds is 5. The number of benzene rings is 1. The van der Waals surface area contributed by atoms with Gasteiger partial charge < -0.3 is 14.6 Å². The molecule has 0 unspecified atom stereocenters. The molecule has 3 aromatic rings. The summed E-state index contributed by atoms with van der Waals surface area (Å²) in [5.74, 6) is -0.194. The maximum Gasteiger partial charge on any atom is 0.289 e. The summed E-state index contributed by atoms with van der Waals surface area (Å²) in [5.41, 5.74) is 3.03. The van der Waals surface area contributed by atoms with E-state index in [1.165, 1.54) is 6.39 Å². The van der Waals surface area contributed by atoms with Gasteiger partial charge in [-0.1, -0.05) is 35.5 Å². The highest BCUT2D eigenvalue weighted by Crippen LogP contribution is 2.18. The molecule has 9 heteroatoms. The lowest BCUT2D eigenvalue weighted by Gasteiger charge is -2.27.